The number of aryl methyl sites for hydroxylation is 1. The summed E-state index contributed by atoms with van der Waals surface area (Å²) in [4.78, 5) is 0. The summed E-state index contributed by atoms with van der Waals surface area (Å²) in [7, 11) is 0. The molecule has 1 heterocycles. The Kier molecular flexibility index (Phi) is 3.24. The molecule has 0 bridgehead atoms. The van der Waals surface area contributed by atoms with Crippen molar-refractivity contribution in [3.63, 3.8) is 0 Å². The molecule has 0 aromatic carbocycles. The minimum absolute atomic E-state index is 0.344. The lowest BCUT2D eigenvalue weighted by Gasteiger charge is -2.36. The van der Waals surface area contributed by atoms with E-state index in [4.69, 9.17) is 4.42 Å². The van der Waals surface area contributed by atoms with Gasteiger partial charge in [0.1, 0.15) is 11.5 Å². The van der Waals surface area contributed by atoms with E-state index >= 15 is 0 Å². The van der Waals surface area contributed by atoms with Crippen molar-refractivity contribution in [3.8, 4) is 0 Å². The number of nitrogens with one attached hydrogen (secondary N) is 1. The topological polar surface area (TPSA) is 25.2 Å². The van der Waals surface area contributed by atoms with Crippen LogP contribution in [0.2, 0.25) is 0 Å². The molecular formula is C17H27NO. The predicted octanol–water partition coefficient (Wildman–Crippen LogP) is 4.38. The molecule has 0 saturated heterocycles. The van der Waals surface area contributed by atoms with Crippen LogP contribution in [0.5, 0.6) is 0 Å². The highest BCUT2D eigenvalue weighted by Gasteiger charge is 2.38. The second-order valence-electron chi connectivity index (χ2n) is 7.35. The number of fused-ring (bicyclic) bond motifs is 1. The van der Waals surface area contributed by atoms with E-state index in [-0.39, 0.29) is 0 Å². The van der Waals surface area contributed by atoms with Crippen molar-refractivity contribution in [1.82, 2.24) is 5.32 Å². The highest BCUT2D eigenvalue weighted by Crippen LogP contribution is 2.43. The van der Waals surface area contributed by atoms with Gasteiger partial charge >= 0.3 is 0 Å². The van der Waals surface area contributed by atoms with Gasteiger partial charge in [-0.2, -0.15) is 0 Å². The van der Waals surface area contributed by atoms with E-state index in [1.54, 1.807) is 0 Å². The third-order valence-electron chi connectivity index (χ3n) is 4.78. The Morgan fingerprint density at radius 1 is 1.42 bits per heavy atom. The highest BCUT2D eigenvalue weighted by molar-refractivity contribution is 5.29. The van der Waals surface area contributed by atoms with Gasteiger partial charge in [-0.05, 0) is 50.0 Å². The van der Waals surface area contributed by atoms with Crippen LogP contribution in [0.25, 0.3) is 0 Å². The quantitative estimate of drug-likeness (QED) is 0.870. The predicted molar refractivity (Wildman–Crippen MR) is 78.2 cm³/mol. The number of hydrogen-bond acceptors (Lipinski definition) is 2. The first kappa shape index (κ1) is 13.2. The summed E-state index contributed by atoms with van der Waals surface area (Å²) in [6.07, 6.45) is 6.38. The Hall–Kier alpha value is -0.760. The number of furan rings is 1. The van der Waals surface area contributed by atoms with Gasteiger partial charge < -0.3 is 9.73 Å². The summed E-state index contributed by atoms with van der Waals surface area (Å²) in [5.41, 5.74) is 1.77. The van der Waals surface area contributed by atoms with Crippen molar-refractivity contribution < 1.29 is 4.42 Å². The van der Waals surface area contributed by atoms with Crippen molar-refractivity contribution in [3.05, 3.63) is 23.2 Å². The van der Waals surface area contributed by atoms with E-state index in [1.165, 1.54) is 37.0 Å². The molecule has 0 radical (unpaired) electrons. The lowest BCUT2D eigenvalue weighted by Crippen LogP contribution is -2.39. The summed E-state index contributed by atoms with van der Waals surface area (Å²) in [6, 6.07) is 3.44. The van der Waals surface area contributed by atoms with Crippen LogP contribution in [0.1, 0.15) is 69.6 Å². The van der Waals surface area contributed by atoms with Crippen LogP contribution in [0.3, 0.4) is 0 Å². The molecule has 2 unspecified atom stereocenters. The van der Waals surface area contributed by atoms with Crippen LogP contribution < -0.4 is 5.32 Å². The van der Waals surface area contributed by atoms with Crippen LogP contribution in [-0.4, -0.2) is 6.04 Å². The molecule has 1 aromatic heterocycles. The van der Waals surface area contributed by atoms with E-state index < -0.39 is 0 Å². The second-order valence-corrected chi connectivity index (χ2v) is 7.35. The molecule has 106 valence electrons. The van der Waals surface area contributed by atoms with E-state index in [1.807, 2.05) is 0 Å². The van der Waals surface area contributed by atoms with Gasteiger partial charge in [0.2, 0.25) is 0 Å². The Bertz CT molecular complexity index is 456. The van der Waals surface area contributed by atoms with Crippen LogP contribution in [0.4, 0.5) is 0 Å². The average Bonchev–Trinajstić information content (AvgIpc) is 3.08. The fourth-order valence-electron chi connectivity index (χ4n) is 3.68. The van der Waals surface area contributed by atoms with Crippen LogP contribution in [0.15, 0.2) is 10.5 Å². The maximum atomic E-state index is 5.92. The zero-order chi connectivity index (χ0) is 13.6. The lowest BCUT2D eigenvalue weighted by molar-refractivity contribution is 0.218. The normalized spacial score (nSPS) is 27.1. The zero-order valence-corrected chi connectivity index (χ0v) is 12.8. The average molecular weight is 261 g/mol. The van der Waals surface area contributed by atoms with Gasteiger partial charge in [-0.15, -0.1) is 0 Å². The fraction of sp³-hybridized carbons (Fsp3) is 0.765. The summed E-state index contributed by atoms with van der Waals surface area (Å²) in [6.45, 7) is 9.10. The van der Waals surface area contributed by atoms with Crippen LogP contribution >= 0.6 is 0 Å². The molecule has 3 rings (SSSR count). The van der Waals surface area contributed by atoms with Gasteiger partial charge in [0, 0.05) is 24.1 Å². The first-order valence-electron chi connectivity index (χ1n) is 7.84. The van der Waals surface area contributed by atoms with Crippen molar-refractivity contribution in [2.75, 3.05) is 0 Å². The third-order valence-corrected chi connectivity index (χ3v) is 4.78. The smallest absolute Gasteiger partial charge is 0.109 e. The van der Waals surface area contributed by atoms with E-state index in [0.717, 1.165) is 18.1 Å². The SMILES string of the molecule is CCC(NC1CC(C)(C)Cc2oc(C)cc21)C1CC1. The minimum atomic E-state index is 0.344. The first-order chi connectivity index (χ1) is 8.98. The molecule has 2 atom stereocenters. The third kappa shape index (κ3) is 2.74. The molecule has 0 amide bonds. The van der Waals surface area contributed by atoms with Crippen LogP contribution in [-0.2, 0) is 6.42 Å². The molecule has 0 aliphatic heterocycles. The number of hydrogen-bond donors (Lipinski definition) is 1. The molecule has 1 fully saturated rings. The fourth-order valence-corrected chi connectivity index (χ4v) is 3.68. The first-order valence-corrected chi connectivity index (χ1v) is 7.84. The Labute approximate surface area is 117 Å². The Morgan fingerprint density at radius 3 is 2.79 bits per heavy atom. The molecular weight excluding hydrogens is 234 g/mol. The van der Waals surface area contributed by atoms with Crippen molar-refractivity contribution in [1.29, 1.82) is 0 Å². The lowest BCUT2D eigenvalue weighted by atomic mass is 9.74. The van der Waals surface area contributed by atoms with E-state index in [0.29, 0.717) is 17.5 Å². The maximum Gasteiger partial charge on any atom is 0.109 e. The van der Waals surface area contributed by atoms with Crippen LogP contribution in [0, 0.1) is 18.3 Å². The molecule has 1 aromatic rings. The molecule has 1 saturated carbocycles. The minimum Gasteiger partial charge on any atom is -0.466 e. The van der Waals surface area contributed by atoms with Gasteiger partial charge in [0.15, 0.2) is 0 Å². The standard InChI is InChI=1S/C17H27NO/c1-5-14(12-6-7-12)18-15-9-17(3,4)10-16-13(15)8-11(2)19-16/h8,12,14-15,18H,5-7,9-10H2,1-4H3. The molecule has 0 spiro atoms. The van der Waals surface area contributed by atoms with Gasteiger partial charge in [0.05, 0.1) is 0 Å². The van der Waals surface area contributed by atoms with Gasteiger partial charge in [-0.3, -0.25) is 0 Å². The van der Waals surface area contributed by atoms with Crippen molar-refractivity contribution >= 4 is 0 Å². The molecule has 19 heavy (non-hydrogen) atoms. The van der Waals surface area contributed by atoms with Crippen molar-refractivity contribution in [2.24, 2.45) is 11.3 Å². The number of rotatable bonds is 4. The molecule has 2 nitrogen and oxygen atoms in total. The highest BCUT2D eigenvalue weighted by atomic mass is 16.3. The zero-order valence-electron chi connectivity index (χ0n) is 12.8. The monoisotopic (exact) mass is 261 g/mol. The van der Waals surface area contributed by atoms with Crippen molar-refractivity contribution in [2.45, 2.75) is 71.9 Å². The summed E-state index contributed by atoms with van der Waals surface area (Å²) in [5, 5.41) is 3.93. The van der Waals surface area contributed by atoms with E-state index in [9.17, 15) is 0 Å². The molecule has 1 N–H and O–H groups in total. The van der Waals surface area contributed by atoms with Gasteiger partial charge in [0.25, 0.3) is 0 Å². The van der Waals surface area contributed by atoms with Gasteiger partial charge in [-0.1, -0.05) is 20.8 Å². The summed E-state index contributed by atoms with van der Waals surface area (Å²) in [5.74, 6) is 3.21. The molecule has 2 aliphatic rings. The Morgan fingerprint density at radius 2 is 2.16 bits per heavy atom. The summed E-state index contributed by atoms with van der Waals surface area (Å²) >= 11 is 0. The molecule has 2 aliphatic carbocycles. The largest absolute Gasteiger partial charge is 0.466 e. The molecule has 2 heteroatoms. The summed E-state index contributed by atoms with van der Waals surface area (Å²) < 4.78 is 5.92. The Balaban J connectivity index is 1.83. The maximum absolute atomic E-state index is 5.92. The second kappa shape index (κ2) is 4.66. The van der Waals surface area contributed by atoms with Gasteiger partial charge in [-0.25, -0.2) is 0 Å². The van der Waals surface area contributed by atoms with E-state index in [2.05, 4.69) is 39.1 Å².